The number of methoxy groups -OCH3 is 2. The van der Waals surface area contributed by atoms with E-state index in [1.807, 2.05) is 24.3 Å². The molecule has 2 aromatic carbocycles. The number of carbonyl (C=O) groups excluding carboxylic acids is 2. The summed E-state index contributed by atoms with van der Waals surface area (Å²) >= 11 is 0. The van der Waals surface area contributed by atoms with Crippen molar-refractivity contribution in [3.05, 3.63) is 70.9 Å². The third kappa shape index (κ3) is 2.83. The van der Waals surface area contributed by atoms with E-state index in [0.29, 0.717) is 17.0 Å². The molecule has 0 unspecified atom stereocenters. The lowest BCUT2D eigenvalue weighted by atomic mass is 9.96. The number of hydrogen-bond acceptors (Lipinski definition) is 5. The van der Waals surface area contributed by atoms with E-state index in [1.165, 1.54) is 7.11 Å². The molecular weight excluding hydrogens is 346 g/mol. The first kappa shape index (κ1) is 16.8. The van der Waals surface area contributed by atoms with Gasteiger partial charge in [-0.1, -0.05) is 12.1 Å². The van der Waals surface area contributed by atoms with Gasteiger partial charge < -0.3 is 14.8 Å². The van der Waals surface area contributed by atoms with Gasteiger partial charge in [0.2, 0.25) is 0 Å². The van der Waals surface area contributed by atoms with E-state index in [0.717, 1.165) is 22.4 Å². The van der Waals surface area contributed by atoms with Crippen molar-refractivity contribution in [3.63, 3.8) is 0 Å². The monoisotopic (exact) mass is 363 g/mol. The van der Waals surface area contributed by atoms with E-state index in [-0.39, 0.29) is 11.9 Å². The van der Waals surface area contributed by atoms with Crippen LogP contribution in [0.25, 0.3) is 11.3 Å². The number of aromatic nitrogens is 2. The average molecular weight is 363 g/mol. The van der Waals surface area contributed by atoms with E-state index < -0.39 is 5.97 Å². The van der Waals surface area contributed by atoms with Gasteiger partial charge in [0.1, 0.15) is 11.4 Å². The van der Waals surface area contributed by atoms with Crippen LogP contribution in [-0.4, -0.2) is 36.3 Å². The molecule has 7 nitrogen and oxygen atoms in total. The first-order chi connectivity index (χ1) is 13.1. The normalized spacial score (nSPS) is 15.2. The maximum Gasteiger partial charge on any atom is 0.337 e. The van der Waals surface area contributed by atoms with Crippen LogP contribution >= 0.6 is 0 Å². The number of fused-ring (bicyclic) bond motifs is 1. The Morgan fingerprint density at radius 3 is 2.37 bits per heavy atom. The maximum atomic E-state index is 12.3. The van der Waals surface area contributed by atoms with Crippen molar-refractivity contribution in [1.29, 1.82) is 0 Å². The van der Waals surface area contributed by atoms with Gasteiger partial charge in [0.05, 0.1) is 31.5 Å². The number of rotatable bonds is 4. The number of benzene rings is 2. The minimum absolute atomic E-state index is 0.209. The van der Waals surface area contributed by atoms with Crippen LogP contribution in [0.1, 0.15) is 38.0 Å². The fraction of sp³-hybridized carbons (Fsp3) is 0.150. The quantitative estimate of drug-likeness (QED) is 0.695. The number of nitrogens with one attached hydrogen (secondary N) is 2. The Kier molecular flexibility index (Phi) is 4.12. The maximum absolute atomic E-state index is 12.3. The van der Waals surface area contributed by atoms with Crippen molar-refractivity contribution in [2.75, 3.05) is 14.2 Å². The van der Waals surface area contributed by atoms with E-state index in [9.17, 15) is 9.59 Å². The summed E-state index contributed by atoms with van der Waals surface area (Å²) in [6.07, 6.45) is 0. The van der Waals surface area contributed by atoms with Crippen molar-refractivity contribution in [2.24, 2.45) is 0 Å². The number of esters is 1. The second-order valence-electron chi connectivity index (χ2n) is 6.11. The van der Waals surface area contributed by atoms with Crippen molar-refractivity contribution in [3.8, 4) is 17.0 Å². The molecule has 0 radical (unpaired) electrons. The summed E-state index contributed by atoms with van der Waals surface area (Å²) in [6.45, 7) is 0. The summed E-state index contributed by atoms with van der Waals surface area (Å²) in [5, 5.41) is 10.1. The fourth-order valence-corrected chi connectivity index (χ4v) is 3.23. The van der Waals surface area contributed by atoms with Gasteiger partial charge >= 0.3 is 5.97 Å². The van der Waals surface area contributed by atoms with Gasteiger partial charge in [-0.15, -0.1) is 0 Å². The topological polar surface area (TPSA) is 93.3 Å². The molecule has 0 saturated heterocycles. The first-order valence-corrected chi connectivity index (χ1v) is 8.34. The molecule has 136 valence electrons. The van der Waals surface area contributed by atoms with Crippen LogP contribution in [-0.2, 0) is 4.74 Å². The zero-order chi connectivity index (χ0) is 19.0. The first-order valence-electron chi connectivity index (χ1n) is 8.34. The highest BCUT2D eigenvalue weighted by Crippen LogP contribution is 2.37. The highest BCUT2D eigenvalue weighted by Gasteiger charge is 2.35. The Balaban J connectivity index is 1.74. The van der Waals surface area contributed by atoms with Crippen molar-refractivity contribution >= 4 is 11.9 Å². The smallest absolute Gasteiger partial charge is 0.337 e. The van der Waals surface area contributed by atoms with E-state index in [4.69, 9.17) is 9.47 Å². The average Bonchev–Trinajstić information content (AvgIpc) is 3.29. The molecule has 0 spiro atoms. The molecule has 1 aliphatic rings. The molecule has 0 fully saturated rings. The lowest BCUT2D eigenvalue weighted by Crippen LogP contribution is -2.21. The number of hydrogen-bond donors (Lipinski definition) is 2. The molecule has 7 heteroatoms. The molecule has 0 saturated carbocycles. The van der Waals surface area contributed by atoms with Gasteiger partial charge in [0.15, 0.2) is 0 Å². The van der Waals surface area contributed by atoms with E-state index in [2.05, 4.69) is 15.5 Å². The highest BCUT2D eigenvalue weighted by molar-refractivity contribution is 6.00. The summed E-state index contributed by atoms with van der Waals surface area (Å²) < 4.78 is 9.92. The fourth-order valence-electron chi connectivity index (χ4n) is 3.23. The molecule has 4 rings (SSSR count). The Hall–Kier alpha value is -3.61. The standard InChI is InChI=1S/C20H17N3O4/c1-26-14-9-7-12(8-10-14)17-15-16(21-19(24)18(15)23-22-17)11-3-5-13(6-4-11)20(25)27-2/h3-10,16H,1-2H3,(H,21,24)(H,22,23)/t16-/m1/s1. The van der Waals surface area contributed by atoms with Crippen molar-refractivity contribution in [1.82, 2.24) is 15.5 Å². The second kappa shape index (κ2) is 6.60. The molecule has 2 heterocycles. The van der Waals surface area contributed by atoms with E-state index >= 15 is 0 Å². The minimum Gasteiger partial charge on any atom is -0.497 e. The molecule has 27 heavy (non-hydrogen) atoms. The molecule has 0 bridgehead atoms. The van der Waals surface area contributed by atoms with Gasteiger partial charge in [-0.2, -0.15) is 5.10 Å². The Labute approximate surface area is 155 Å². The summed E-state index contributed by atoms with van der Waals surface area (Å²) in [4.78, 5) is 24.0. The Morgan fingerprint density at radius 1 is 1.04 bits per heavy atom. The van der Waals surface area contributed by atoms with Gasteiger partial charge in [-0.05, 0) is 42.0 Å². The Morgan fingerprint density at radius 2 is 1.74 bits per heavy atom. The number of H-pyrrole nitrogens is 1. The molecule has 2 N–H and O–H groups in total. The van der Waals surface area contributed by atoms with Gasteiger partial charge in [-0.3, -0.25) is 9.89 Å². The third-order valence-corrected chi connectivity index (χ3v) is 4.62. The van der Waals surface area contributed by atoms with Gasteiger partial charge in [0, 0.05) is 11.1 Å². The SMILES string of the molecule is COC(=O)c1ccc([C@H]2NC(=O)c3[nH]nc(-c4ccc(OC)cc4)c32)cc1. The number of aromatic amines is 1. The summed E-state index contributed by atoms with van der Waals surface area (Å²) in [7, 11) is 2.95. The molecular formula is C20H17N3O4. The van der Waals surface area contributed by atoms with Crippen LogP contribution in [0.5, 0.6) is 5.75 Å². The minimum atomic E-state index is -0.403. The molecule has 1 amide bonds. The van der Waals surface area contributed by atoms with Crippen LogP contribution < -0.4 is 10.1 Å². The predicted octanol–water partition coefficient (Wildman–Crippen LogP) is 2.70. The van der Waals surface area contributed by atoms with Gasteiger partial charge in [0.25, 0.3) is 5.91 Å². The third-order valence-electron chi connectivity index (χ3n) is 4.62. The largest absolute Gasteiger partial charge is 0.497 e. The molecule has 1 aromatic heterocycles. The lowest BCUT2D eigenvalue weighted by Gasteiger charge is -2.14. The number of carbonyl (C=O) groups is 2. The predicted molar refractivity (Wildman–Crippen MR) is 97.7 cm³/mol. The second-order valence-corrected chi connectivity index (χ2v) is 6.11. The van der Waals surface area contributed by atoms with Crippen LogP contribution in [0.15, 0.2) is 48.5 Å². The summed E-state index contributed by atoms with van der Waals surface area (Å²) in [6, 6.07) is 14.1. The zero-order valence-corrected chi connectivity index (χ0v) is 14.8. The number of ether oxygens (including phenoxy) is 2. The molecule has 0 aliphatic carbocycles. The number of nitrogens with zero attached hydrogens (tertiary/aromatic N) is 1. The summed E-state index contributed by atoms with van der Waals surface area (Å²) in [5.41, 5.74) is 4.12. The zero-order valence-electron chi connectivity index (χ0n) is 14.8. The van der Waals surface area contributed by atoms with Crippen LogP contribution in [0, 0.1) is 0 Å². The van der Waals surface area contributed by atoms with Crippen LogP contribution in [0.4, 0.5) is 0 Å². The van der Waals surface area contributed by atoms with Crippen LogP contribution in [0.2, 0.25) is 0 Å². The summed E-state index contributed by atoms with van der Waals surface area (Å²) in [5.74, 6) is 0.134. The highest BCUT2D eigenvalue weighted by atomic mass is 16.5. The van der Waals surface area contributed by atoms with Gasteiger partial charge in [-0.25, -0.2) is 4.79 Å². The lowest BCUT2D eigenvalue weighted by molar-refractivity contribution is 0.0600. The Bertz CT molecular complexity index is 1010. The van der Waals surface area contributed by atoms with Crippen molar-refractivity contribution < 1.29 is 19.1 Å². The molecule has 3 aromatic rings. The molecule has 1 atom stereocenters. The van der Waals surface area contributed by atoms with Crippen LogP contribution in [0.3, 0.4) is 0 Å². The van der Waals surface area contributed by atoms with E-state index in [1.54, 1.807) is 31.4 Å². The molecule has 1 aliphatic heterocycles. The van der Waals surface area contributed by atoms with Crippen molar-refractivity contribution in [2.45, 2.75) is 6.04 Å². The number of amides is 1.